The molecule has 0 spiro atoms. The van der Waals surface area contributed by atoms with Crippen molar-refractivity contribution in [3.8, 4) is 22.5 Å². The molecule has 4 N–H and O–H groups in total. The maximum atomic E-state index is 11.2. The van der Waals surface area contributed by atoms with E-state index in [1.165, 1.54) is 11.1 Å². The fraction of sp³-hybridized carbons (Fsp3) is 0. The maximum Gasteiger partial charge on any atom is 0.349 e. The third-order valence-electron chi connectivity index (χ3n) is 3.10. The van der Waals surface area contributed by atoms with Crippen LogP contribution in [-0.2, 0) is 0 Å². The summed E-state index contributed by atoms with van der Waals surface area (Å²) < 4.78 is 0. The number of hydrogen-bond acceptors (Lipinski definition) is 5. The summed E-state index contributed by atoms with van der Waals surface area (Å²) >= 11 is 5.83. The van der Waals surface area contributed by atoms with Crippen LogP contribution in [0.2, 0.25) is 5.02 Å². The summed E-state index contributed by atoms with van der Waals surface area (Å²) in [5.74, 6) is 5.55. The maximum absolute atomic E-state index is 11.2. The van der Waals surface area contributed by atoms with E-state index in [9.17, 15) is 4.79 Å². The predicted molar refractivity (Wildman–Crippen MR) is 86.3 cm³/mol. The van der Waals surface area contributed by atoms with Crippen LogP contribution in [-0.4, -0.2) is 15.0 Å². The Morgan fingerprint density at radius 3 is 2.18 bits per heavy atom. The second-order valence-electron chi connectivity index (χ2n) is 4.56. The van der Waals surface area contributed by atoms with E-state index in [0.29, 0.717) is 16.4 Å². The molecule has 0 radical (unpaired) electrons. The molecule has 1 aromatic heterocycles. The fourth-order valence-corrected chi connectivity index (χ4v) is 2.07. The van der Waals surface area contributed by atoms with Gasteiger partial charge in [-0.25, -0.2) is 10.6 Å². The van der Waals surface area contributed by atoms with Gasteiger partial charge in [-0.05, 0) is 23.3 Å². The van der Waals surface area contributed by atoms with Crippen LogP contribution >= 0.6 is 11.6 Å². The lowest BCUT2D eigenvalue weighted by molar-refractivity contribution is 0.985. The van der Waals surface area contributed by atoms with Gasteiger partial charge < -0.3 is 0 Å². The van der Waals surface area contributed by atoms with Crippen LogP contribution in [0.3, 0.4) is 0 Å². The molecule has 0 fully saturated rings. The molecule has 0 bridgehead atoms. The van der Waals surface area contributed by atoms with Crippen LogP contribution < -0.4 is 17.0 Å². The largest absolute Gasteiger partial charge is 0.349 e. The number of fused-ring (bicyclic) bond motifs is 1. The van der Waals surface area contributed by atoms with E-state index < -0.39 is 5.69 Å². The van der Waals surface area contributed by atoms with E-state index in [-0.39, 0.29) is 5.95 Å². The Morgan fingerprint density at radius 2 is 1.68 bits per heavy atom. The summed E-state index contributed by atoms with van der Waals surface area (Å²) in [6, 6.07) is 15.4. The molecule has 22 heavy (non-hydrogen) atoms. The Bertz CT molecular complexity index is 839. The van der Waals surface area contributed by atoms with E-state index in [1.54, 1.807) is 24.3 Å². The number of nitrogens with two attached hydrogens (primary N) is 1. The molecule has 0 saturated heterocycles. The van der Waals surface area contributed by atoms with Crippen molar-refractivity contribution in [3.05, 3.63) is 64.0 Å². The van der Waals surface area contributed by atoms with Gasteiger partial charge >= 0.3 is 5.69 Å². The van der Waals surface area contributed by atoms with Gasteiger partial charge in [-0.3, -0.25) is 10.4 Å². The van der Waals surface area contributed by atoms with Crippen LogP contribution in [0.1, 0.15) is 0 Å². The van der Waals surface area contributed by atoms with Crippen LogP contribution in [0.25, 0.3) is 22.5 Å². The van der Waals surface area contributed by atoms with Crippen LogP contribution in [0.4, 0.5) is 5.95 Å². The lowest BCUT2D eigenvalue weighted by Gasteiger charge is -2.10. The first-order valence-corrected chi connectivity index (χ1v) is 6.85. The highest BCUT2D eigenvalue weighted by atomic mass is 35.5. The van der Waals surface area contributed by atoms with Crippen LogP contribution in [0, 0.1) is 0 Å². The molecule has 4 rings (SSSR count). The Balaban J connectivity index is 0.000000196. The Kier molecular flexibility index (Phi) is 3.86. The van der Waals surface area contributed by atoms with E-state index in [0.717, 1.165) is 0 Å². The monoisotopic (exact) mass is 313 g/mol. The lowest BCUT2D eigenvalue weighted by atomic mass is 9.95. The molecule has 6 nitrogen and oxygen atoms in total. The SMILES string of the molecule is NNc1nc(-c2cccc(Cl)c2)[nH]c(=O)n1.c1cc2ccc1-2. The molecular weight excluding hydrogens is 302 g/mol. The quantitative estimate of drug-likeness (QED) is 0.390. The van der Waals surface area contributed by atoms with Crippen molar-refractivity contribution in [1.29, 1.82) is 0 Å². The Hall–Kier alpha value is -2.70. The topological polar surface area (TPSA) is 96.7 Å². The zero-order chi connectivity index (χ0) is 15.5. The highest BCUT2D eigenvalue weighted by Crippen LogP contribution is 2.29. The van der Waals surface area contributed by atoms with Crippen molar-refractivity contribution in [2.45, 2.75) is 0 Å². The first-order chi connectivity index (χ1) is 10.7. The van der Waals surface area contributed by atoms with Gasteiger partial charge in [0.15, 0.2) is 0 Å². The minimum absolute atomic E-state index is 0.0544. The summed E-state index contributed by atoms with van der Waals surface area (Å²) in [6.45, 7) is 0. The van der Waals surface area contributed by atoms with Crippen molar-refractivity contribution in [2.24, 2.45) is 5.84 Å². The number of nitrogen functional groups attached to an aromatic ring is 1. The summed E-state index contributed by atoms with van der Waals surface area (Å²) in [6.07, 6.45) is 0. The molecule has 0 atom stereocenters. The third kappa shape index (κ3) is 2.98. The molecule has 2 aliphatic rings. The Morgan fingerprint density at radius 1 is 1.00 bits per heavy atom. The van der Waals surface area contributed by atoms with Gasteiger partial charge in [0.2, 0.25) is 5.95 Å². The van der Waals surface area contributed by atoms with Gasteiger partial charge in [-0.1, -0.05) is 48.0 Å². The smallest absolute Gasteiger partial charge is 0.292 e. The van der Waals surface area contributed by atoms with Crippen molar-refractivity contribution < 1.29 is 0 Å². The van der Waals surface area contributed by atoms with Gasteiger partial charge in [-0.15, -0.1) is 0 Å². The Labute approximate surface area is 131 Å². The van der Waals surface area contributed by atoms with E-state index in [1.807, 2.05) is 0 Å². The second-order valence-corrected chi connectivity index (χ2v) is 4.99. The molecule has 0 amide bonds. The third-order valence-corrected chi connectivity index (χ3v) is 3.33. The number of anilines is 1. The van der Waals surface area contributed by atoms with E-state index in [2.05, 4.69) is 44.6 Å². The standard InChI is InChI=1S/C9H8ClN5O.C6H4/c10-6-3-1-2-5(4-6)7-12-8(15-11)14-9(16)13-7;1-2-6-4-3-5(1)6/h1-4H,11H2,(H2,12,13,14,15,16);1-4H. The predicted octanol–water partition coefficient (Wildman–Crippen LogP) is 2.44. The molecule has 110 valence electrons. The van der Waals surface area contributed by atoms with Crippen molar-refractivity contribution in [2.75, 3.05) is 5.43 Å². The normalized spacial score (nSPS) is 10.5. The highest BCUT2D eigenvalue weighted by molar-refractivity contribution is 6.30. The van der Waals surface area contributed by atoms with Crippen molar-refractivity contribution >= 4 is 17.5 Å². The molecule has 1 heterocycles. The first-order valence-electron chi connectivity index (χ1n) is 6.47. The number of H-pyrrole nitrogens is 1. The van der Waals surface area contributed by atoms with Gasteiger partial charge in [0, 0.05) is 10.6 Å². The number of nitrogens with one attached hydrogen (secondary N) is 2. The summed E-state index contributed by atoms with van der Waals surface area (Å²) in [5.41, 5.74) is 5.22. The molecular formula is C15H12ClN5O. The minimum atomic E-state index is -0.530. The number of benzene rings is 2. The minimum Gasteiger partial charge on any atom is -0.292 e. The average molecular weight is 314 g/mol. The van der Waals surface area contributed by atoms with Crippen molar-refractivity contribution in [3.63, 3.8) is 0 Å². The summed E-state index contributed by atoms with van der Waals surface area (Å²) in [4.78, 5) is 21.2. The number of halogens is 1. The summed E-state index contributed by atoms with van der Waals surface area (Å²) in [5, 5.41) is 0.555. The van der Waals surface area contributed by atoms with E-state index >= 15 is 0 Å². The molecule has 7 heteroatoms. The van der Waals surface area contributed by atoms with Gasteiger partial charge in [-0.2, -0.15) is 9.97 Å². The first kappa shape index (κ1) is 14.2. The summed E-state index contributed by atoms with van der Waals surface area (Å²) in [7, 11) is 0. The van der Waals surface area contributed by atoms with Gasteiger partial charge in [0.05, 0.1) is 0 Å². The molecule has 0 saturated carbocycles. The molecule has 2 aliphatic carbocycles. The molecule has 2 aromatic rings. The molecule has 0 unspecified atom stereocenters. The van der Waals surface area contributed by atoms with Gasteiger partial charge in [0.1, 0.15) is 5.82 Å². The fourth-order valence-electron chi connectivity index (χ4n) is 1.88. The number of aromatic nitrogens is 3. The van der Waals surface area contributed by atoms with Crippen LogP contribution in [0.5, 0.6) is 0 Å². The second kappa shape index (κ2) is 5.97. The number of rotatable bonds is 2. The number of aromatic amines is 1. The molecule has 0 aliphatic heterocycles. The number of hydrazine groups is 1. The van der Waals surface area contributed by atoms with E-state index in [4.69, 9.17) is 17.4 Å². The van der Waals surface area contributed by atoms with Crippen LogP contribution in [0.15, 0.2) is 53.3 Å². The highest BCUT2D eigenvalue weighted by Gasteiger charge is 2.05. The zero-order valence-electron chi connectivity index (χ0n) is 11.4. The van der Waals surface area contributed by atoms with Gasteiger partial charge in [0.25, 0.3) is 0 Å². The molecule has 1 aromatic carbocycles. The average Bonchev–Trinajstić information content (AvgIpc) is 2.51. The zero-order valence-corrected chi connectivity index (χ0v) is 12.1. The lowest BCUT2D eigenvalue weighted by Crippen LogP contribution is -2.19. The number of nitrogens with zero attached hydrogens (tertiary/aromatic N) is 2. The number of hydrogen-bond donors (Lipinski definition) is 3. The van der Waals surface area contributed by atoms with Crippen molar-refractivity contribution in [1.82, 2.24) is 15.0 Å².